The summed E-state index contributed by atoms with van der Waals surface area (Å²) in [7, 11) is 0. The zero-order valence-electron chi connectivity index (χ0n) is 7.53. The molecule has 0 aromatic rings. The highest BCUT2D eigenvalue weighted by Crippen LogP contribution is 2.35. The van der Waals surface area contributed by atoms with Gasteiger partial charge in [0.1, 0.15) is 0 Å². The van der Waals surface area contributed by atoms with Crippen LogP contribution >= 0.6 is 0 Å². The summed E-state index contributed by atoms with van der Waals surface area (Å²) >= 11 is 0. The third kappa shape index (κ3) is 1.85. The Kier molecular flexibility index (Phi) is 2.11. The number of aliphatic hydroxyl groups excluding tert-OH is 1. The molecular weight excluding hydrogens is 174 g/mol. The molecule has 1 rings (SSSR count). The summed E-state index contributed by atoms with van der Waals surface area (Å²) in [5, 5.41) is 19.6. The van der Waals surface area contributed by atoms with E-state index < -0.39 is 22.2 Å². The van der Waals surface area contributed by atoms with Gasteiger partial charge in [-0.15, -0.1) is 0 Å². The first-order valence-electron chi connectivity index (χ1n) is 3.93. The third-order valence-electron chi connectivity index (χ3n) is 2.01. The maximum Gasteiger partial charge on any atom is 0.348 e. The van der Waals surface area contributed by atoms with E-state index in [4.69, 9.17) is 0 Å². The third-order valence-corrected chi connectivity index (χ3v) is 2.01. The van der Waals surface area contributed by atoms with E-state index in [-0.39, 0.29) is 18.3 Å². The molecule has 0 bridgehead atoms. The fourth-order valence-corrected chi connectivity index (χ4v) is 1.49. The summed E-state index contributed by atoms with van der Waals surface area (Å²) in [4.78, 5) is 20.7. The summed E-state index contributed by atoms with van der Waals surface area (Å²) in [6.07, 6.45) is 0.308. The minimum atomic E-state index is -0.813. The lowest BCUT2D eigenvalue weighted by Gasteiger charge is -2.25. The maximum atomic E-state index is 11.2. The van der Waals surface area contributed by atoms with Gasteiger partial charge in [-0.1, -0.05) is 13.8 Å². The molecule has 1 aliphatic rings. The fourth-order valence-electron chi connectivity index (χ4n) is 1.49. The van der Waals surface area contributed by atoms with Crippen LogP contribution in [0.4, 0.5) is 0 Å². The molecule has 0 spiro atoms. The predicted octanol–water partition coefficient (Wildman–Crippen LogP) is 1.42. The number of Topliss-reactive ketones (excluding diaryl/α,β-unsaturated/α-hetero) is 1. The van der Waals surface area contributed by atoms with Gasteiger partial charge in [0.05, 0.1) is 4.92 Å². The minimum absolute atomic E-state index is 0.118. The Morgan fingerprint density at radius 3 is 2.38 bits per heavy atom. The zero-order chi connectivity index (χ0) is 10.2. The molecule has 1 aliphatic carbocycles. The number of carbonyl (C=O) groups is 1. The summed E-state index contributed by atoms with van der Waals surface area (Å²) in [6.45, 7) is 3.58. The molecule has 13 heavy (non-hydrogen) atoms. The lowest BCUT2D eigenvalue weighted by molar-refractivity contribution is -0.422. The van der Waals surface area contributed by atoms with Crippen molar-refractivity contribution in [2.75, 3.05) is 0 Å². The number of hydrogen-bond donors (Lipinski definition) is 1. The van der Waals surface area contributed by atoms with Crippen molar-refractivity contribution in [1.29, 1.82) is 0 Å². The van der Waals surface area contributed by atoms with Crippen molar-refractivity contribution in [2.24, 2.45) is 5.41 Å². The Bertz CT molecular complexity index is 303. The highest BCUT2D eigenvalue weighted by molar-refractivity contribution is 5.94. The molecule has 0 saturated heterocycles. The van der Waals surface area contributed by atoms with E-state index in [0.29, 0.717) is 0 Å². The van der Waals surface area contributed by atoms with E-state index in [2.05, 4.69) is 0 Å². The Morgan fingerprint density at radius 2 is 2.00 bits per heavy atom. The Morgan fingerprint density at radius 1 is 1.46 bits per heavy atom. The van der Waals surface area contributed by atoms with E-state index in [1.807, 2.05) is 0 Å². The standard InChI is InChI=1S/C8H11NO4/c1-8(2)3-5(10)7(9(12)13)6(11)4-8/h10H,3-4H2,1-2H3. The van der Waals surface area contributed by atoms with Gasteiger partial charge in [0.2, 0.25) is 5.78 Å². The van der Waals surface area contributed by atoms with Gasteiger partial charge < -0.3 is 5.11 Å². The summed E-state index contributed by atoms with van der Waals surface area (Å²) in [5.74, 6) is -0.981. The summed E-state index contributed by atoms with van der Waals surface area (Å²) < 4.78 is 0. The molecule has 0 heterocycles. The topological polar surface area (TPSA) is 80.4 Å². The zero-order valence-corrected chi connectivity index (χ0v) is 7.53. The number of allylic oxidation sites excluding steroid dienone is 2. The Balaban J connectivity index is 3.09. The predicted molar refractivity (Wildman–Crippen MR) is 44.7 cm³/mol. The van der Waals surface area contributed by atoms with Gasteiger partial charge in [-0.25, -0.2) is 0 Å². The number of hydrogen-bond acceptors (Lipinski definition) is 4. The van der Waals surface area contributed by atoms with Crippen molar-refractivity contribution in [1.82, 2.24) is 0 Å². The molecule has 72 valence electrons. The fraction of sp³-hybridized carbons (Fsp3) is 0.625. The van der Waals surface area contributed by atoms with Crippen LogP contribution < -0.4 is 0 Å². The quantitative estimate of drug-likeness (QED) is 0.494. The molecule has 0 amide bonds. The lowest BCUT2D eigenvalue weighted by atomic mass is 9.78. The van der Waals surface area contributed by atoms with Gasteiger partial charge in [0, 0.05) is 12.8 Å². The van der Waals surface area contributed by atoms with Crippen LogP contribution in [0.15, 0.2) is 11.5 Å². The van der Waals surface area contributed by atoms with Crippen LogP contribution in [-0.2, 0) is 4.79 Å². The van der Waals surface area contributed by atoms with Crippen LogP contribution in [0.3, 0.4) is 0 Å². The van der Waals surface area contributed by atoms with Gasteiger partial charge >= 0.3 is 5.70 Å². The first-order valence-corrected chi connectivity index (χ1v) is 3.93. The summed E-state index contributed by atoms with van der Waals surface area (Å²) in [6, 6.07) is 0. The maximum absolute atomic E-state index is 11.2. The van der Waals surface area contributed by atoms with Crippen molar-refractivity contribution in [3.05, 3.63) is 21.6 Å². The second kappa shape index (κ2) is 2.83. The molecule has 0 aromatic carbocycles. The number of aliphatic hydroxyl groups is 1. The lowest BCUT2D eigenvalue weighted by Crippen LogP contribution is -2.28. The number of carbonyl (C=O) groups excluding carboxylic acids is 1. The van der Waals surface area contributed by atoms with Crippen LogP contribution in [0.2, 0.25) is 0 Å². The number of ketones is 1. The molecule has 0 radical (unpaired) electrons. The van der Waals surface area contributed by atoms with Crippen molar-refractivity contribution in [3.63, 3.8) is 0 Å². The Labute approximate surface area is 75.2 Å². The van der Waals surface area contributed by atoms with E-state index >= 15 is 0 Å². The second-order valence-corrected chi connectivity index (χ2v) is 3.99. The SMILES string of the molecule is CC1(C)CC(=O)C([N+](=O)[O-])=C(O)C1. The molecule has 0 saturated carbocycles. The van der Waals surface area contributed by atoms with Gasteiger partial charge in [0.25, 0.3) is 0 Å². The van der Waals surface area contributed by atoms with Gasteiger partial charge in [-0.2, -0.15) is 0 Å². The van der Waals surface area contributed by atoms with Crippen LogP contribution in [0, 0.1) is 15.5 Å². The first-order chi connectivity index (χ1) is 5.83. The molecule has 0 atom stereocenters. The first kappa shape index (κ1) is 9.70. The highest BCUT2D eigenvalue weighted by atomic mass is 16.6. The highest BCUT2D eigenvalue weighted by Gasteiger charge is 2.39. The van der Waals surface area contributed by atoms with Crippen LogP contribution in [-0.4, -0.2) is 15.8 Å². The van der Waals surface area contributed by atoms with Crippen molar-refractivity contribution in [3.8, 4) is 0 Å². The van der Waals surface area contributed by atoms with Gasteiger partial charge in [-0.05, 0) is 5.41 Å². The molecular formula is C8H11NO4. The van der Waals surface area contributed by atoms with Gasteiger partial charge in [0.15, 0.2) is 5.76 Å². The molecule has 5 heteroatoms. The molecule has 0 unspecified atom stereocenters. The molecule has 0 fully saturated rings. The Hall–Kier alpha value is -1.39. The van der Waals surface area contributed by atoms with E-state index in [1.165, 1.54) is 0 Å². The number of nitro groups is 1. The summed E-state index contributed by atoms with van der Waals surface area (Å²) in [5.41, 5.74) is -1.01. The van der Waals surface area contributed by atoms with Crippen molar-refractivity contribution in [2.45, 2.75) is 26.7 Å². The van der Waals surface area contributed by atoms with Crippen molar-refractivity contribution >= 4 is 5.78 Å². The molecule has 0 aliphatic heterocycles. The molecule has 5 nitrogen and oxygen atoms in total. The number of nitrogens with zero attached hydrogens (tertiary/aromatic N) is 1. The monoisotopic (exact) mass is 185 g/mol. The largest absolute Gasteiger partial charge is 0.506 e. The van der Waals surface area contributed by atoms with Gasteiger partial charge in [-0.3, -0.25) is 14.9 Å². The van der Waals surface area contributed by atoms with Crippen molar-refractivity contribution < 1.29 is 14.8 Å². The second-order valence-electron chi connectivity index (χ2n) is 3.99. The minimum Gasteiger partial charge on any atom is -0.506 e. The average Bonchev–Trinajstić information content (AvgIpc) is 1.78. The molecule has 0 aromatic heterocycles. The van der Waals surface area contributed by atoms with Crippen LogP contribution in [0.25, 0.3) is 0 Å². The van der Waals surface area contributed by atoms with E-state index in [1.54, 1.807) is 13.8 Å². The molecule has 1 N–H and O–H groups in total. The smallest absolute Gasteiger partial charge is 0.348 e. The van der Waals surface area contributed by atoms with Crippen LogP contribution in [0.5, 0.6) is 0 Å². The number of rotatable bonds is 1. The van der Waals surface area contributed by atoms with E-state index in [9.17, 15) is 20.0 Å². The van der Waals surface area contributed by atoms with E-state index in [0.717, 1.165) is 0 Å². The van der Waals surface area contributed by atoms with Crippen LogP contribution in [0.1, 0.15) is 26.7 Å². The normalized spacial score (nSPS) is 21.8. The average molecular weight is 185 g/mol.